The number of likely N-dealkylation sites (tertiary alicyclic amines) is 1. The quantitative estimate of drug-likeness (QED) is 0.837. The number of rotatable bonds is 3. The van der Waals surface area contributed by atoms with E-state index in [9.17, 15) is 4.79 Å². The average Bonchev–Trinajstić information content (AvgIpc) is 2.37. The Kier molecular flexibility index (Phi) is 4.38. The summed E-state index contributed by atoms with van der Waals surface area (Å²) in [6, 6.07) is 10.0. The number of ether oxygens (including phenoxy) is 1. The van der Waals surface area contributed by atoms with Crippen molar-refractivity contribution < 1.29 is 9.53 Å². The van der Waals surface area contributed by atoms with Crippen molar-refractivity contribution in [3.8, 4) is 0 Å². The molecule has 19 heavy (non-hydrogen) atoms. The Morgan fingerprint density at radius 2 is 1.95 bits per heavy atom. The zero-order chi connectivity index (χ0) is 13.9. The first-order valence-corrected chi connectivity index (χ1v) is 6.90. The highest BCUT2D eigenvalue weighted by Gasteiger charge is 2.33. The van der Waals surface area contributed by atoms with E-state index >= 15 is 0 Å². The first-order valence-electron chi connectivity index (χ1n) is 6.90. The molecule has 1 fully saturated rings. The minimum Gasteiger partial charge on any atom is -0.364 e. The van der Waals surface area contributed by atoms with Crippen LogP contribution in [0, 0.1) is 0 Å². The molecule has 0 aliphatic carbocycles. The first-order chi connectivity index (χ1) is 8.97. The molecule has 1 aliphatic heterocycles. The largest absolute Gasteiger partial charge is 0.364 e. The van der Waals surface area contributed by atoms with Gasteiger partial charge in [0.05, 0.1) is 6.61 Å². The molecular formula is C16H23NO2. The van der Waals surface area contributed by atoms with Crippen LogP contribution in [-0.4, -0.2) is 35.4 Å². The van der Waals surface area contributed by atoms with Gasteiger partial charge in [-0.25, -0.2) is 0 Å². The van der Waals surface area contributed by atoms with Crippen LogP contribution in [0.3, 0.4) is 0 Å². The lowest BCUT2D eigenvalue weighted by Gasteiger charge is -2.40. The van der Waals surface area contributed by atoms with Crippen molar-refractivity contribution in [3.63, 3.8) is 0 Å². The van der Waals surface area contributed by atoms with Crippen molar-refractivity contribution in [1.29, 1.82) is 0 Å². The van der Waals surface area contributed by atoms with Gasteiger partial charge in [0.15, 0.2) is 5.78 Å². The molecule has 0 aromatic heterocycles. The van der Waals surface area contributed by atoms with Crippen molar-refractivity contribution >= 4 is 5.78 Å². The Balaban J connectivity index is 1.93. The van der Waals surface area contributed by atoms with Crippen LogP contribution in [0.2, 0.25) is 0 Å². The standard InChI is InChI=1S/C16H23NO2/c1-16(2,3)17-10-9-14(18)15(11-17)19-12-13-7-5-4-6-8-13/h4-8,15H,9-12H2,1-3H3. The summed E-state index contributed by atoms with van der Waals surface area (Å²) in [5.41, 5.74) is 1.21. The maximum atomic E-state index is 11.9. The fourth-order valence-corrected chi connectivity index (χ4v) is 2.33. The fourth-order valence-electron chi connectivity index (χ4n) is 2.33. The van der Waals surface area contributed by atoms with E-state index in [1.54, 1.807) is 0 Å². The topological polar surface area (TPSA) is 29.5 Å². The van der Waals surface area contributed by atoms with Gasteiger partial charge in [0.1, 0.15) is 6.10 Å². The number of hydrogen-bond donors (Lipinski definition) is 0. The molecular weight excluding hydrogens is 238 g/mol. The zero-order valence-corrected chi connectivity index (χ0v) is 12.1. The second-order valence-electron chi connectivity index (χ2n) is 6.12. The van der Waals surface area contributed by atoms with Crippen molar-refractivity contribution in [2.24, 2.45) is 0 Å². The molecule has 0 spiro atoms. The zero-order valence-electron chi connectivity index (χ0n) is 12.1. The molecule has 0 amide bonds. The van der Waals surface area contributed by atoms with Crippen LogP contribution in [-0.2, 0) is 16.1 Å². The summed E-state index contributed by atoms with van der Waals surface area (Å²) in [5.74, 6) is 0.233. The number of piperidine rings is 1. The summed E-state index contributed by atoms with van der Waals surface area (Å²) < 4.78 is 5.82. The van der Waals surface area contributed by atoms with E-state index in [2.05, 4.69) is 25.7 Å². The normalized spacial score (nSPS) is 21.6. The van der Waals surface area contributed by atoms with Gasteiger partial charge in [-0.2, -0.15) is 0 Å². The van der Waals surface area contributed by atoms with Gasteiger partial charge in [-0.15, -0.1) is 0 Å². The van der Waals surface area contributed by atoms with Gasteiger partial charge in [0.2, 0.25) is 0 Å². The predicted octanol–water partition coefficient (Wildman–Crippen LogP) is 2.65. The summed E-state index contributed by atoms with van der Waals surface area (Å²) in [4.78, 5) is 14.3. The van der Waals surface area contributed by atoms with E-state index in [1.807, 2.05) is 30.3 Å². The Hall–Kier alpha value is -1.19. The van der Waals surface area contributed by atoms with Crippen molar-refractivity contribution in [2.75, 3.05) is 13.1 Å². The SMILES string of the molecule is CC(C)(C)N1CCC(=O)C(OCc2ccccc2)C1. The summed E-state index contributed by atoms with van der Waals surface area (Å²) in [7, 11) is 0. The third-order valence-corrected chi connectivity index (χ3v) is 3.62. The molecule has 0 bridgehead atoms. The third-order valence-electron chi connectivity index (χ3n) is 3.62. The van der Waals surface area contributed by atoms with E-state index < -0.39 is 0 Å². The number of carbonyl (C=O) groups excluding carboxylic acids is 1. The second-order valence-corrected chi connectivity index (χ2v) is 6.12. The van der Waals surface area contributed by atoms with E-state index in [-0.39, 0.29) is 17.4 Å². The van der Waals surface area contributed by atoms with Crippen LogP contribution in [0.1, 0.15) is 32.8 Å². The van der Waals surface area contributed by atoms with Crippen molar-refractivity contribution in [1.82, 2.24) is 4.90 Å². The van der Waals surface area contributed by atoms with Crippen molar-refractivity contribution in [2.45, 2.75) is 45.4 Å². The molecule has 1 aromatic rings. The molecule has 1 aliphatic rings. The number of hydrogen-bond acceptors (Lipinski definition) is 3. The number of nitrogens with zero attached hydrogens (tertiary/aromatic N) is 1. The van der Waals surface area contributed by atoms with E-state index in [0.29, 0.717) is 19.6 Å². The maximum absolute atomic E-state index is 11.9. The van der Waals surface area contributed by atoms with Gasteiger partial charge in [0, 0.05) is 25.0 Å². The molecule has 0 N–H and O–H groups in total. The molecule has 0 saturated carbocycles. The smallest absolute Gasteiger partial charge is 0.164 e. The number of benzene rings is 1. The van der Waals surface area contributed by atoms with Gasteiger partial charge < -0.3 is 4.74 Å². The first kappa shape index (κ1) is 14.2. The lowest BCUT2D eigenvalue weighted by atomic mass is 9.98. The molecule has 3 heteroatoms. The third kappa shape index (κ3) is 3.88. The number of carbonyl (C=O) groups is 1. The summed E-state index contributed by atoms with van der Waals surface area (Å²) in [5, 5.41) is 0. The summed E-state index contributed by atoms with van der Waals surface area (Å²) in [6.07, 6.45) is 0.310. The molecule has 1 saturated heterocycles. The van der Waals surface area contributed by atoms with Crippen LogP contribution in [0.25, 0.3) is 0 Å². The van der Waals surface area contributed by atoms with Gasteiger partial charge in [0.25, 0.3) is 0 Å². The molecule has 1 atom stereocenters. The van der Waals surface area contributed by atoms with E-state index in [0.717, 1.165) is 12.1 Å². The van der Waals surface area contributed by atoms with Crippen LogP contribution in [0.5, 0.6) is 0 Å². The Labute approximate surface area is 115 Å². The van der Waals surface area contributed by atoms with Crippen LogP contribution in [0.15, 0.2) is 30.3 Å². The van der Waals surface area contributed by atoms with Gasteiger partial charge in [-0.05, 0) is 26.3 Å². The molecule has 1 aromatic carbocycles. The Bertz CT molecular complexity index is 422. The monoisotopic (exact) mass is 261 g/mol. The van der Waals surface area contributed by atoms with Gasteiger partial charge >= 0.3 is 0 Å². The molecule has 2 rings (SSSR count). The summed E-state index contributed by atoms with van der Waals surface area (Å²) >= 11 is 0. The molecule has 104 valence electrons. The lowest BCUT2D eigenvalue weighted by Crippen LogP contribution is -2.52. The van der Waals surface area contributed by atoms with Gasteiger partial charge in [-0.3, -0.25) is 9.69 Å². The Morgan fingerprint density at radius 3 is 2.58 bits per heavy atom. The number of Topliss-reactive ketones (excluding diaryl/α,β-unsaturated/α-hetero) is 1. The van der Waals surface area contributed by atoms with Crippen LogP contribution in [0.4, 0.5) is 0 Å². The van der Waals surface area contributed by atoms with Crippen LogP contribution < -0.4 is 0 Å². The highest BCUT2D eigenvalue weighted by Crippen LogP contribution is 2.20. The molecule has 3 nitrogen and oxygen atoms in total. The molecule has 1 heterocycles. The predicted molar refractivity (Wildman–Crippen MR) is 76.0 cm³/mol. The van der Waals surface area contributed by atoms with Crippen LogP contribution >= 0.6 is 0 Å². The van der Waals surface area contributed by atoms with Gasteiger partial charge in [-0.1, -0.05) is 30.3 Å². The minimum atomic E-state index is -0.284. The fraction of sp³-hybridized carbons (Fsp3) is 0.562. The van der Waals surface area contributed by atoms with E-state index in [4.69, 9.17) is 4.74 Å². The molecule has 0 radical (unpaired) electrons. The average molecular weight is 261 g/mol. The highest BCUT2D eigenvalue weighted by molar-refractivity contribution is 5.84. The molecule has 1 unspecified atom stereocenters. The maximum Gasteiger partial charge on any atom is 0.164 e. The second kappa shape index (κ2) is 5.85. The Morgan fingerprint density at radius 1 is 1.26 bits per heavy atom. The van der Waals surface area contributed by atoms with Crippen molar-refractivity contribution in [3.05, 3.63) is 35.9 Å². The van der Waals surface area contributed by atoms with E-state index in [1.165, 1.54) is 0 Å². The lowest BCUT2D eigenvalue weighted by molar-refractivity contribution is -0.139. The highest BCUT2D eigenvalue weighted by atomic mass is 16.5. The minimum absolute atomic E-state index is 0.0923. The summed E-state index contributed by atoms with van der Waals surface area (Å²) in [6.45, 7) is 8.59. The number of ketones is 1.